The molecule has 0 heterocycles. The number of ketones is 2. The second-order valence-corrected chi connectivity index (χ2v) is 5.56. The first-order valence-electron chi connectivity index (χ1n) is 7.28. The maximum atomic E-state index is 11.4. The van der Waals surface area contributed by atoms with Gasteiger partial charge in [-0.1, -0.05) is 35.9 Å². The Morgan fingerprint density at radius 1 is 1.28 bits per heavy atom. The second-order valence-electron chi connectivity index (χ2n) is 5.15. The van der Waals surface area contributed by atoms with Crippen LogP contribution in [0.25, 0.3) is 5.76 Å². The van der Waals surface area contributed by atoms with Gasteiger partial charge in [0, 0.05) is 24.1 Å². The molecule has 0 unspecified atom stereocenters. The zero-order valence-electron chi connectivity index (χ0n) is 13.3. The molecule has 6 heteroatoms. The van der Waals surface area contributed by atoms with Gasteiger partial charge < -0.3 is 9.84 Å². The van der Waals surface area contributed by atoms with Crippen LogP contribution >= 0.6 is 11.6 Å². The number of hydrogen-bond donors (Lipinski definition) is 1. The summed E-state index contributed by atoms with van der Waals surface area (Å²) in [6.45, 7) is 1.24. The first-order valence-corrected chi connectivity index (χ1v) is 7.66. The second kappa shape index (κ2) is 8.13. The summed E-state index contributed by atoms with van der Waals surface area (Å²) in [6.07, 6.45) is 0.867. The number of hydrogen-bond acceptors (Lipinski definition) is 5. The van der Waals surface area contributed by atoms with Crippen molar-refractivity contribution in [3.8, 4) is 11.8 Å². The number of rotatable bonds is 6. The molecule has 0 saturated heterocycles. The molecule has 0 aliphatic carbocycles. The van der Waals surface area contributed by atoms with Gasteiger partial charge >= 0.3 is 0 Å². The number of aliphatic hydroxyl groups excluding tert-OH is 1. The first kappa shape index (κ1) is 18.2. The van der Waals surface area contributed by atoms with Crippen molar-refractivity contribution in [3.63, 3.8) is 0 Å². The van der Waals surface area contributed by atoms with Gasteiger partial charge in [0.1, 0.15) is 24.2 Å². The summed E-state index contributed by atoms with van der Waals surface area (Å²) in [5, 5.41) is 19.4. The fourth-order valence-corrected chi connectivity index (χ4v) is 2.27. The van der Waals surface area contributed by atoms with Crippen LogP contribution in [0.1, 0.15) is 23.6 Å². The minimum atomic E-state index is -0.790. The largest absolute Gasteiger partial charge is 0.507 e. The Hall–Kier alpha value is -3.10. The fraction of sp³-hybridized carbons (Fsp3) is 0.105. The predicted octanol–water partition coefficient (Wildman–Crippen LogP) is 3.85. The third kappa shape index (κ3) is 4.69. The van der Waals surface area contributed by atoms with Crippen LogP contribution in [0.2, 0.25) is 5.02 Å². The van der Waals surface area contributed by atoms with Gasteiger partial charge in [-0.2, -0.15) is 5.26 Å². The van der Waals surface area contributed by atoms with Gasteiger partial charge in [-0.25, -0.2) is 0 Å². The van der Waals surface area contributed by atoms with E-state index in [0.29, 0.717) is 27.5 Å². The van der Waals surface area contributed by atoms with Gasteiger partial charge in [0.05, 0.1) is 10.6 Å². The number of nitrogens with zero attached hydrogens (tertiary/aromatic N) is 1. The molecule has 0 aliphatic rings. The lowest BCUT2D eigenvalue weighted by atomic mass is 10.1. The average molecular weight is 356 g/mol. The highest BCUT2D eigenvalue weighted by Crippen LogP contribution is 2.23. The van der Waals surface area contributed by atoms with Crippen molar-refractivity contribution in [2.24, 2.45) is 0 Å². The van der Waals surface area contributed by atoms with Gasteiger partial charge in [0.15, 0.2) is 5.78 Å². The Bertz CT molecular complexity index is 897. The van der Waals surface area contributed by atoms with Crippen LogP contribution in [0, 0.1) is 11.3 Å². The molecule has 0 spiro atoms. The topological polar surface area (TPSA) is 87.4 Å². The molecular formula is C19H14ClNO4. The number of carbonyl (C=O) groups excluding carboxylic acids is 2. The Morgan fingerprint density at radius 2 is 2.00 bits per heavy atom. The maximum Gasteiger partial charge on any atom is 0.224 e. The lowest BCUT2D eigenvalue weighted by molar-refractivity contribution is -0.132. The zero-order valence-corrected chi connectivity index (χ0v) is 14.1. The van der Waals surface area contributed by atoms with Crippen LogP contribution < -0.4 is 4.74 Å². The maximum absolute atomic E-state index is 11.4. The number of benzene rings is 2. The number of Topliss-reactive ketones (excluding diaryl/α,β-unsaturated/α-hetero) is 1. The number of halogens is 1. The van der Waals surface area contributed by atoms with E-state index in [1.54, 1.807) is 36.4 Å². The van der Waals surface area contributed by atoms with Crippen LogP contribution in [-0.2, 0) is 16.2 Å². The molecular weight excluding hydrogens is 342 g/mol. The number of nitriles is 1. The summed E-state index contributed by atoms with van der Waals surface area (Å²) >= 11 is 5.97. The lowest BCUT2D eigenvalue weighted by Gasteiger charge is -2.09. The number of allylic oxidation sites excluding steroid dienone is 1. The molecule has 0 atom stereocenters. The quantitative estimate of drug-likeness (QED) is 0.483. The molecule has 0 fully saturated rings. The van der Waals surface area contributed by atoms with E-state index in [-0.39, 0.29) is 12.4 Å². The monoisotopic (exact) mass is 355 g/mol. The molecule has 2 aromatic rings. The van der Waals surface area contributed by atoms with Crippen molar-refractivity contribution in [2.75, 3.05) is 0 Å². The van der Waals surface area contributed by atoms with Gasteiger partial charge in [-0.3, -0.25) is 9.59 Å². The summed E-state index contributed by atoms with van der Waals surface area (Å²) in [5.74, 6) is -1.35. The van der Waals surface area contributed by atoms with Gasteiger partial charge in [0.25, 0.3) is 0 Å². The number of aliphatic hydroxyl groups is 1. The third-order valence-electron chi connectivity index (χ3n) is 3.35. The van der Waals surface area contributed by atoms with Crippen LogP contribution in [0.15, 0.2) is 48.5 Å². The van der Waals surface area contributed by atoms with Crippen molar-refractivity contribution in [1.82, 2.24) is 0 Å². The Balaban J connectivity index is 2.18. The third-order valence-corrected chi connectivity index (χ3v) is 3.67. The minimum Gasteiger partial charge on any atom is -0.507 e. The normalized spacial score (nSPS) is 10.8. The van der Waals surface area contributed by atoms with E-state index in [4.69, 9.17) is 21.6 Å². The number of ether oxygens (including phenoxy) is 1. The van der Waals surface area contributed by atoms with Crippen LogP contribution in [0.4, 0.5) is 0 Å². The Labute approximate surface area is 149 Å². The van der Waals surface area contributed by atoms with Crippen LogP contribution in [0.3, 0.4) is 0 Å². The van der Waals surface area contributed by atoms with Crippen molar-refractivity contribution >= 4 is 28.9 Å². The molecule has 0 amide bonds. The van der Waals surface area contributed by atoms with E-state index in [1.807, 2.05) is 6.07 Å². The summed E-state index contributed by atoms with van der Waals surface area (Å²) in [5.41, 5.74) is 1.31. The predicted molar refractivity (Wildman–Crippen MR) is 93.2 cm³/mol. The molecule has 0 radical (unpaired) electrons. The zero-order chi connectivity index (χ0) is 18.4. The molecule has 1 N–H and O–H groups in total. The van der Waals surface area contributed by atoms with E-state index in [2.05, 4.69) is 0 Å². The molecule has 5 nitrogen and oxygen atoms in total. The summed E-state index contributed by atoms with van der Waals surface area (Å²) in [4.78, 5) is 22.3. The highest BCUT2D eigenvalue weighted by molar-refractivity contribution is 6.41. The summed E-state index contributed by atoms with van der Waals surface area (Å²) < 4.78 is 5.63. The molecule has 0 saturated carbocycles. The van der Waals surface area contributed by atoms with Crippen molar-refractivity contribution in [2.45, 2.75) is 13.5 Å². The van der Waals surface area contributed by atoms with E-state index < -0.39 is 11.6 Å². The Kier molecular flexibility index (Phi) is 5.93. The van der Waals surface area contributed by atoms with Gasteiger partial charge in [-0.05, 0) is 18.2 Å². The Morgan fingerprint density at radius 3 is 2.68 bits per heavy atom. The highest BCUT2D eigenvalue weighted by Gasteiger charge is 2.10. The van der Waals surface area contributed by atoms with Gasteiger partial charge in [-0.15, -0.1) is 0 Å². The highest BCUT2D eigenvalue weighted by atomic mass is 35.5. The van der Waals surface area contributed by atoms with Crippen molar-refractivity contribution in [3.05, 3.63) is 70.3 Å². The summed E-state index contributed by atoms with van der Waals surface area (Å²) in [6, 6.07) is 13.5. The summed E-state index contributed by atoms with van der Waals surface area (Å²) in [7, 11) is 0. The average Bonchev–Trinajstić information content (AvgIpc) is 2.60. The van der Waals surface area contributed by atoms with Crippen LogP contribution in [0.5, 0.6) is 5.75 Å². The van der Waals surface area contributed by atoms with E-state index >= 15 is 0 Å². The standard InChI is InChI=1S/C19H14ClNO4/c1-12(22)18(23)9-19(24)13-4-2-6-15(8-13)25-11-14-5-3-7-17(20)16(14)10-21/h2-9,24H,11H2,1H3/b19-9-. The lowest BCUT2D eigenvalue weighted by Crippen LogP contribution is -2.06. The smallest absolute Gasteiger partial charge is 0.224 e. The molecule has 0 aliphatic heterocycles. The van der Waals surface area contributed by atoms with Crippen LogP contribution in [-0.4, -0.2) is 16.7 Å². The SMILES string of the molecule is CC(=O)C(=O)/C=C(\O)c1cccc(OCc2cccc(Cl)c2C#N)c1. The van der Waals surface area contributed by atoms with E-state index in [9.17, 15) is 14.7 Å². The van der Waals surface area contributed by atoms with E-state index in [1.165, 1.54) is 6.07 Å². The molecule has 0 bridgehead atoms. The molecule has 2 aromatic carbocycles. The molecule has 0 aromatic heterocycles. The minimum absolute atomic E-state index is 0.115. The van der Waals surface area contributed by atoms with Crippen molar-refractivity contribution in [1.29, 1.82) is 5.26 Å². The van der Waals surface area contributed by atoms with Gasteiger partial charge in [0.2, 0.25) is 5.78 Å². The number of carbonyl (C=O) groups is 2. The van der Waals surface area contributed by atoms with E-state index in [0.717, 1.165) is 13.0 Å². The van der Waals surface area contributed by atoms with Crippen molar-refractivity contribution < 1.29 is 19.4 Å². The molecule has 2 rings (SSSR count). The first-order chi connectivity index (χ1) is 11.9. The molecule has 25 heavy (non-hydrogen) atoms. The molecule has 126 valence electrons. The fourth-order valence-electron chi connectivity index (χ4n) is 2.03.